The molecule has 0 bridgehead atoms. The molecule has 2 N–H and O–H groups in total. The zero-order chi connectivity index (χ0) is 14.0. The smallest absolute Gasteiger partial charge is 0.103 e. The highest BCUT2D eigenvalue weighted by molar-refractivity contribution is 7.80. The van der Waals surface area contributed by atoms with Crippen molar-refractivity contribution >= 4 is 17.2 Å². The monoisotopic (exact) mass is 276 g/mol. The molecule has 1 aromatic carbocycles. The Balaban J connectivity index is 2.11. The minimum absolute atomic E-state index is 0.482. The fourth-order valence-corrected chi connectivity index (χ4v) is 3.23. The predicted octanol–water partition coefficient (Wildman–Crippen LogP) is 3.19. The van der Waals surface area contributed by atoms with Crippen LogP contribution >= 0.6 is 12.2 Å². The summed E-state index contributed by atoms with van der Waals surface area (Å²) >= 11 is 5.05. The molecule has 19 heavy (non-hydrogen) atoms. The maximum absolute atomic E-state index is 5.71. The molecule has 0 aliphatic carbocycles. The second-order valence-corrected chi connectivity index (χ2v) is 6.49. The van der Waals surface area contributed by atoms with E-state index in [1.807, 2.05) is 12.1 Å². The molecule has 1 aliphatic heterocycles. The lowest BCUT2D eigenvalue weighted by Crippen LogP contribution is -2.45. The van der Waals surface area contributed by atoms with Crippen molar-refractivity contribution in [2.75, 3.05) is 6.54 Å². The summed E-state index contributed by atoms with van der Waals surface area (Å²) in [5.41, 5.74) is 7.98. The maximum atomic E-state index is 5.71. The van der Waals surface area contributed by atoms with Gasteiger partial charge in [-0.3, -0.25) is 4.90 Å². The molecule has 2 rings (SSSR count). The number of nitrogens with two attached hydrogens (primary N) is 1. The van der Waals surface area contributed by atoms with Crippen LogP contribution in [0, 0.1) is 11.8 Å². The summed E-state index contributed by atoms with van der Waals surface area (Å²) in [6, 6.07) is 8.96. The van der Waals surface area contributed by atoms with E-state index in [4.69, 9.17) is 18.0 Å². The third-order valence-electron chi connectivity index (χ3n) is 4.32. The second-order valence-electron chi connectivity index (χ2n) is 6.05. The largest absolute Gasteiger partial charge is 0.389 e. The number of piperidine rings is 1. The van der Waals surface area contributed by atoms with Crippen LogP contribution in [0.25, 0.3) is 0 Å². The number of thiocarbonyl (C=S) groups is 1. The molecule has 3 heteroatoms. The molecule has 0 spiro atoms. The van der Waals surface area contributed by atoms with Crippen LogP contribution in [-0.2, 0) is 6.54 Å². The van der Waals surface area contributed by atoms with Crippen LogP contribution in [0.5, 0.6) is 0 Å². The van der Waals surface area contributed by atoms with Gasteiger partial charge in [-0.25, -0.2) is 0 Å². The standard InChI is InChI=1S/C16H24N2S/c1-11-7-12(2)13(3)18(9-11)10-14-5-4-6-15(8-14)16(17)19/h4-6,8,11-13H,7,9-10H2,1-3H3,(H2,17,19). The Morgan fingerprint density at radius 1 is 1.37 bits per heavy atom. The number of hydrogen-bond acceptors (Lipinski definition) is 2. The Hall–Kier alpha value is -0.930. The van der Waals surface area contributed by atoms with Crippen molar-refractivity contribution in [3.63, 3.8) is 0 Å². The van der Waals surface area contributed by atoms with Gasteiger partial charge >= 0.3 is 0 Å². The topological polar surface area (TPSA) is 29.3 Å². The summed E-state index contributed by atoms with van der Waals surface area (Å²) in [6.07, 6.45) is 1.34. The van der Waals surface area contributed by atoms with Gasteiger partial charge in [-0.05, 0) is 36.8 Å². The van der Waals surface area contributed by atoms with E-state index in [9.17, 15) is 0 Å². The molecule has 1 aliphatic rings. The molecular formula is C16H24N2S. The van der Waals surface area contributed by atoms with Gasteiger partial charge in [0, 0.05) is 24.7 Å². The van der Waals surface area contributed by atoms with Gasteiger partial charge in [-0.1, -0.05) is 44.3 Å². The van der Waals surface area contributed by atoms with Crippen molar-refractivity contribution in [3.05, 3.63) is 35.4 Å². The lowest BCUT2D eigenvalue weighted by Gasteiger charge is -2.41. The summed E-state index contributed by atoms with van der Waals surface area (Å²) in [7, 11) is 0. The Bertz CT molecular complexity index is 458. The van der Waals surface area contributed by atoms with E-state index in [0.29, 0.717) is 11.0 Å². The Morgan fingerprint density at radius 2 is 2.11 bits per heavy atom. The molecule has 2 nitrogen and oxygen atoms in total. The number of rotatable bonds is 3. The van der Waals surface area contributed by atoms with Crippen molar-refractivity contribution in [1.82, 2.24) is 4.90 Å². The van der Waals surface area contributed by atoms with Crippen molar-refractivity contribution in [1.29, 1.82) is 0 Å². The molecule has 1 saturated heterocycles. The fourth-order valence-electron chi connectivity index (χ4n) is 3.10. The van der Waals surface area contributed by atoms with Crippen LogP contribution in [0.3, 0.4) is 0 Å². The summed E-state index contributed by atoms with van der Waals surface area (Å²) in [4.78, 5) is 3.06. The SMILES string of the molecule is CC1CC(C)C(C)N(Cc2cccc(C(N)=S)c2)C1. The van der Waals surface area contributed by atoms with Crippen molar-refractivity contribution in [2.45, 2.75) is 39.8 Å². The molecule has 0 amide bonds. The van der Waals surface area contributed by atoms with Crippen molar-refractivity contribution < 1.29 is 0 Å². The molecule has 0 saturated carbocycles. The Labute approximate surface area is 122 Å². The van der Waals surface area contributed by atoms with Gasteiger partial charge in [-0.2, -0.15) is 0 Å². The summed E-state index contributed by atoms with van der Waals surface area (Å²) in [6.45, 7) is 9.22. The summed E-state index contributed by atoms with van der Waals surface area (Å²) < 4.78 is 0. The van der Waals surface area contributed by atoms with Crippen LogP contribution in [0.4, 0.5) is 0 Å². The molecule has 1 heterocycles. The van der Waals surface area contributed by atoms with Crippen molar-refractivity contribution in [2.24, 2.45) is 17.6 Å². The third kappa shape index (κ3) is 3.54. The predicted molar refractivity (Wildman–Crippen MR) is 85.1 cm³/mol. The molecule has 0 radical (unpaired) electrons. The van der Waals surface area contributed by atoms with Crippen molar-refractivity contribution in [3.8, 4) is 0 Å². The highest BCUT2D eigenvalue weighted by atomic mass is 32.1. The normalized spacial score (nSPS) is 28.3. The third-order valence-corrected chi connectivity index (χ3v) is 4.55. The molecule has 0 aromatic heterocycles. The number of hydrogen-bond donors (Lipinski definition) is 1. The van der Waals surface area contributed by atoms with E-state index in [2.05, 4.69) is 37.8 Å². The number of benzene rings is 1. The number of likely N-dealkylation sites (tertiary alicyclic amines) is 1. The van der Waals surface area contributed by atoms with Gasteiger partial charge in [0.1, 0.15) is 4.99 Å². The van der Waals surface area contributed by atoms with Gasteiger partial charge in [0.05, 0.1) is 0 Å². The fraction of sp³-hybridized carbons (Fsp3) is 0.562. The molecule has 3 atom stereocenters. The lowest BCUT2D eigenvalue weighted by molar-refractivity contribution is 0.0729. The average molecular weight is 276 g/mol. The van der Waals surface area contributed by atoms with E-state index in [0.717, 1.165) is 23.9 Å². The van der Waals surface area contributed by atoms with Gasteiger partial charge in [0.25, 0.3) is 0 Å². The number of nitrogens with zero attached hydrogens (tertiary/aromatic N) is 1. The lowest BCUT2D eigenvalue weighted by atomic mass is 9.86. The molecule has 3 unspecified atom stereocenters. The Morgan fingerprint density at radius 3 is 2.79 bits per heavy atom. The van der Waals surface area contributed by atoms with Gasteiger partial charge in [0.2, 0.25) is 0 Å². The first-order chi connectivity index (χ1) is 8.97. The van der Waals surface area contributed by atoms with Gasteiger partial charge < -0.3 is 5.73 Å². The average Bonchev–Trinajstić information content (AvgIpc) is 2.35. The van der Waals surface area contributed by atoms with E-state index in [-0.39, 0.29) is 0 Å². The second kappa shape index (κ2) is 6.02. The zero-order valence-corrected chi connectivity index (χ0v) is 12.9. The Kier molecular flexibility index (Phi) is 4.58. The zero-order valence-electron chi connectivity index (χ0n) is 12.1. The minimum Gasteiger partial charge on any atom is -0.389 e. The molecule has 1 aromatic rings. The summed E-state index contributed by atoms with van der Waals surface area (Å²) in [5.74, 6) is 1.55. The van der Waals surface area contributed by atoms with Crippen LogP contribution in [0.1, 0.15) is 38.3 Å². The van der Waals surface area contributed by atoms with E-state index in [1.54, 1.807) is 0 Å². The first-order valence-corrected chi connectivity index (χ1v) is 7.51. The quantitative estimate of drug-likeness (QED) is 0.860. The van der Waals surface area contributed by atoms with Gasteiger partial charge in [0.15, 0.2) is 0 Å². The van der Waals surface area contributed by atoms with E-state index >= 15 is 0 Å². The van der Waals surface area contributed by atoms with Crippen LogP contribution in [0.2, 0.25) is 0 Å². The molecular weight excluding hydrogens is 252 g/mol. The van der Waals surface area contributed by atoms with Gasteiger partial charge in [-0.15, -0.1) is 0 Å². The first kappa shape index (κ1) is 14.5. The molecule has 1 fully saturated rings. The highest BCUT2D eigenvalue weighted by Crippen LogP contribution is 2.28. The summed E-state index contributed by atoms with van der Waals surface area (Å²) in [5, 5.41) is 0. The van der Waals surface area contributed by atoms with Crippen LogP contribution in [0.15, 0.2) is 24.3 Å². The van der Waals surface area contributed by atoms with E-state index < -0.39 is 0 Å². The van der Waals surface area contributed by atoms with E-state index in [1.165, 1.54) is 18.5 Å². The van der Waals surface area contributed by atoms with Crippen LogP contribution < -0.4 is 5.73 Å². The minimum atomic E-state index is 0.482. The first-order valence-electron chi connectivity index (χ1n) is 7.10. The van der Waals surface area contributed by atoms with Crippen LogP contribution in [-0.4, -0.2) is 22.5 Å². The maximum Gasteiger partial charge on any atom is 0.103 e. The molecule has 104 valence electrons. The highest BCUT2D eigenvalue weighted by Gasteiger charge is 2.28.